The van der Waals surface area contributed by atoms with Gasteiger partial charge in [0, 0.05) is 25.5 Å². The molecular weight excluding hydrogens is 270 g/mol. The summed E-state index contributed by atoms with van der Waals surface area (Å²) in [7, 11) is -2.73. The van der Waals surface area contributed by atoms with Crippen molar-refractivity contribution in [1.29, 1.82) is 0 Å². The molecule has 120 valence electrons. The Morgan fingerprint density at radius 1 is 0.900 bits per heavy atom. The van der Waals surface area contributed by atoms with Crippen molar-refractivity contribution in [2.75, 3.05) is 19.8 Å². The fourth-order valence-corrected chi connectivity index (χ4v) is 5.00. The summed E-state index contributed by atoms with van der Waals surface area (Å²) in [5.74, 6) is 0.487. The van der Waals surface area contributed by atoms with Crippen molar-refractivity contribution in [2.45, 2.75) is 67.0 Å². The van der Waals surface area contributed by atoms with Gasteiger partial charge in [-0.25, -0.2) is 0 Å². The van der Waals surface area contributed by atoms with Crippen LogP contribution in [0.3, 0.4) is 0 Å². The van der Waals surface area contributed by atoms with Gasteiger partial charge in [0.05, 0.1) is 0 Å². The van der Waals surface area contributed by atoms with E-state index in [1.54, 1.807) is 0 Å². The smallest absolute Gasteiger partial charge is 0.373 e. The summed E-state index contributed by atoms with van der Waals surface area (Å²) in [5.41, 5.74) is 1.16. The zero-order valence-corrected chi connectivity index (χ0v) is 15.4. The monoisotopic (exact) mass is 303 g/mol. The average molecular weight is 304 g/mol. The van der Waals surface area contributed by atoms with Crippen LogP contribution in [0.15, 0.2) is 4.99 Å². The molecule has 20 heavy (non-hydrogen) atoms. The fourth-order valence-electron chi connectivity index (χ4n) is 2.11. The summed E-state index contributed by atoms with van der Waals surface area (Å²) < 4.78 is 17.9. The Kier molecular flexibility index (Phi) is 10.4. The highest BCUT2D eigenvalue weighted by molar-refractivity contribution is 6.62. The highest BCUT2D eigenvalue weighted by Gasteiger charge is 2.48. The first-order valence-corrected chi connectivity index (χ1v) is 9.77. The minimum absolute atomic E-state index is 0.00338. The van der Waals surface area contributed by atoms with Crippen molar-refractivity contribution in [1.82, 2.24) is 0 Å². The quantitative estimate of drug-likeness (QED) is 0.430. The summed E-state index contributed by atoms with van der Waals surface area (Å²) in [4.78, 5) is 4.90. The third-order valence-corrected chi connectivity index (χ3v) is 6.94. The highest BCUT2D eigenvalue weighted by Crippen LogP contribution is 2.22. The van der Waals surface area contributed by atoms with Gasteiger partial charge in [-0.15, -0.1) is 0 Å². The minimum Gasteiger partial charge on any atom is -0.373 e. The van der Waals surface area contributed by atoms with E-state index in [0.717, 1.165) is 18.6 Å². The predicted molar refractivity (Wildman–Crippen MR) is 87.3 cm³/mol. The second kappa shape index (κ2) is 10.5. The minimum atomic E-state index is -2.73. The first-order chi connectivity index (χ1) is 9.51. The van der Waals surface area contributed by atoms with Gasteiger partial charge in [-0.1, -0.05) is 20.8 Å². The third-order valence-electron chi connectivity index (χ3n) is 3.52. The van der Waals surface area contributed by atoms with Gasteiger partial charge in [-0.2, -0.15) is 0 Å². The number of rotatable bonds is 11. The van der Waals surface area contributed by atoms with Gasteiger partial charge in [0.2, 0.25) is 0 Å². The van der Waals surface area contributed by atoms with Gasteiger partial charge in [0.15, 0.2) is 0 Å². The molecule has 0 radical (unpaired) electrons. The Balaban J connectivity index is 5.34. The van der Waals surface area contributed by atoms with Crippen LogP contribution in [0.4, 0.5) is 0 Å². The summed E-state index contributed by atoms with van der Waals surface area (Å²) in [6, 6.07) is 0. The molecule has 0 heterocycles. The van der Waals surface area contributed by atoms with Crippen LogP contribution in [0, 0.1) is 5.92 Å². The zero-order valence-electron chi connectivity index (χ0n) is 14.4. The predicted octanol–water partition coefficient (Wildman–Crippen LogP) is 3.86. The SMILES string of the molecule is CCO[Si](OCC)(OCC)C(CC)/N=C(\C)C(C)CC. The molecule has 0 N–H and O–H groups in total. The molecule has 0 bridgehead atoms. The molecule has 0 saturated carbocycles. The lowest BCUT2D eigenvalue weighted by Gasteiger charge is -2.33. The molecule has 0 rings (SSSR count). The Labute approximate surface area is 126 Å². The van der Waals surface area contributed by atoms with Crippen LogP contribution >= 0.6 is 0 Å². The molecule has 4 nitrogen and oxygen atoms in total. The van der Waals surface area contributed by atoms with Crippen LogP contribution < -0.4 is 0 Å². The van der Waals surface area contributed by atoms with Crippen LogP contribution in [-0.4, -0.2) is 40.0 Å². The molecule has 0 saturated heterocycles. The van der Waals surface area contributed by atoms with Crippen molar-refractivity contribution in [3.8, 4) is 0 Å². The summed E-state index contributed by atoms with van der Waals surface area (Å²) >= 11 is 0. The topological polar surface area (TPSA) is 40.0 Å². The van der Waals surface area contributed by atoms with E-state index >= 15 is 0 Å². The largest absolute Gasteiger partial charge is 0.526 e. The molecule has 2 atom stereocenters. The standard InChI is InChI=1S/C15H33NO3Si/c1-8-13(6)14(7)16-15(9-2)20(17-10-3,18-11-4)19-12-5/h13,15H,8-12H2,1-7H3/b16-14+. The maximum atomic E-state index is 5.97. The van der Waals surface area contributed by atoms with E-state index in [0.29, 0.717) is 25.7 Å². The summed E-state index contributed by atoms with van der Waals surface area (Å²) in [5, 5.41) is 0. The van der Waals surface area contributed by atoms with Crippen molar-refractivity contribution in [3.05, 3.63) is 0 Å². The lowest BCUT2D eigenvalue weighted by Crippen LogP contribution is -2.56. The van der Waals surface area contributed by atoms with Crippen LogP contribution in [0.5, 0.6) is 0 Å². The van der Waals surface area contributed by atoms with Gasteiger partial charge in [0.25, 0.3) is 0 Å². The normalized spacial score (nSPS) is 16.2. The van der Waals surface area contributed by atoms with Crippen LogP contribution in [0.2, 0.25) is 0 Å². The number of aliphatic imine (C=N–C) groups is 1. The van der Waals surface area contributed by atoms with Crippen LogP contribution in [0.25, 0.3) is 0 Å². The molecule has 0 spiro atoms. The molecule has 0 aliphatic rings. The van der Waals surface area contributed by atoms with E-state index in [4.69, 9.17) is 18.3 Å². The molecule has 0 aromatic rings. The van der Waals surface area contributed by atoms with E-state index < -0.39 is 8.80 Å². The number of nitrogens with zero attached hydrogens (tertiary/aromatic N) is 1. The maximum Gasteiger partial charge on any atom is 0.526 e. The van der Waals surface area contributed by atoms with E-state index in [9.17, 15) is 0 Å². The second-order valence-electron chi connectivity index (χ2n) is 4.91. The number of hydrogen-bond donors (Lipinski definition) is 0. The molecule has 0 aliphatic carbocycles. The molecule has 2 unspecified atom stereocenters. The molecule has 0 amide bonds. The Morgan fingerprint density at radius 2 is 1.35 bits per heavy atom. The Hall–Kier alpha value is -0.233. The van der Waals surface area contributed by atoms with E-state index in [1.165, 1.54) is 0 Å². The number of hydrogen-bond acceptors (Lipinski definition) is 4. The Bertz CT molecular complexity index is 267. The van der Waals surface area contributed by atoms with Gasteiger partial charge >= 0.3 is 8.80 Å². The lowest BCUT2D eigenvalue weighted by molar-refractivity contribution is 0.0620. The van der Waals surface area contributed by atoms with Crippen molar-refractivity contribution >= 4 is 14.5 Å². The van der Waals surface area contributed by atoms with Gasteiger partial charge in [0.1, 0.15) is 5.67 Å². The molecule has 0 aromatic heterocycles. The summed E-state index contributed by atoms with van der Waals surface area (Å²) in [6.45, 7) is 16.4. The highest BCUT2D eigenvalue weighted by atomic mass is 28.4. The zero-order chi connectivity index (χ0) is 15.6. The van der Waals surface area contributed by atoms with Crippen molar-refractivity contribution < 1.29 is 13.3 Å². The molecular formula is C15H33NO3Si. The maximum absolute atomic E-state index is 5.97. The summed E-state index contributed by atoms with van der Waals surface area (Å²) in [6.07, 6.45) is 1.97. The average Bonchev–Trinajstić information content (AvgIpc) is 2.44. The first kappa shape index (κ1) is 19.8. The first-order valence-electron chi connectivity index (χ1n) is 7.97. The van der Waals surface area contributed by atoms with Gasteiger partial charge < -0.3 is 13.3 Å². The van der Waals surface area contributed by atoms with Crippen LogP contribution in [-0.2, 0) is 13.3 Å². The Morgan fingerprint density at radius 3 is 1.65 bits per heavy atom. The second-order valence-corrected chi connectivity index (χ2v) is 7.65. The third kappa shape index (κ3) is 5.64. The van der Waals surface area contributed by atoms with Gasteiger partial charge in [-0.05, 0) is 46.5 Å². The van der Waals surface area contributed by atoms with E-state index in [2.05, 4.69) is 27.7 Å². The van der Waals surface area contributed by atoms with Crippen LogP contribution in [0.1, 0.15) is 61.3 Å². The lowest BCUT2D eigenvalue weighted by atomic mass is 10.0. The molecule has 0 fully saturated rings. The molecule has 5 heteroatoms. The van der Waals surface area contributed by atoms with Gasteiger partial charge in [-0.3, -0.25) is 4.99 Å². The fraction of sp³-hybridized carbons (Fsp3) is 0.933. The van der Waals surface area contributed by atoms with E-state index in [1.807, 2.05) is 20.8 Å². The van der Waals surface area contributed by atoms with Crippen molar-refractivity contribution in [2.24, 2.45) is 10.9 Å². The van der Waals surface area contributed by atoms with Crippen molar-refractivity contribution in [3.63, 3.8) is 0 Å². The molecule has 0 aromatic carbocycles. The van der Waals surface area contributed by atoms with E-state index in [-0.39, 0.29) is 5.67 Å². The molecule has 0 aliphatic heterocycles.